The van der Waals surface area contributed by atoms with Crippen LogP contribution in [0.2, 0.25) is 0 Å². The SMILES string of the molecule is [O-][N+]1=C(c2ccccc2)c2ccccc2C1(c1ccccc1)c1ccccc1. The quantitative estimate of drug-likeness (QED) is 0.357. The summed E-state index contributed by atoms with van der Waals surface area (Å²) < 4.78 is 1.21. The fourth-order valence-electron chi connectivity index (χ4n) is 4.33. The molecule has 4 aromatic carbocycles. The molecule has 2 heteroatoms. The lowest BCUT2D eigenvalue weighted by atomic mass is 9.77. The highest BCUT2D eigenvalue weighted by atomic mass is 16.5. The van der Waals surface area contributed by atoms with Gasteiger partial charge in [0, 0.05) is 22.3 Å². The first-order valence-corrected chi connectivity index (χ1v) is 9.44. The summed E-state index contributed by atoms with van der Waals surface area (Å²) in [6.45, 7) is 0. The molecule has 0 amide bonds. The van der Waals surface area contributed by atoms with Gasteiger partial charge in [-0.05, 0) is 18.2 Å². The van der Waals surface area contributed by atoms with E-state index in [0.717, 1.165) is 27.8 Å². The van der Waals surface area contributed by atoms with Crippen LogP contribution >= 0.6 is 0 Å². The minimum absolute atomic E-state index is 0.712. The smallest absolute Gasteiger partial charge is 0.250 e. The van der Waals surface area contributed by atoms with E-state index in [0.29, 0.717) is 5.71 Å². The largest absolute Gasteiger partial charge is 0.622 e. The molecular formula is C26H19NO. The minimum atomic E-state index is -0.912. The van der Waals surface area contributed by atoms with E-state index in [1.807, 2.05) is 103 Å². The topological polar surface area (TPSA) is 26.1 Å². The molecule has 0 N–H and O–H groups in total. The molecule has 0 fully saturated rings. The number of rotatable bonds is 3. The second kappa shape index (κ2) is 6.50. The van der Waals surface area contributed by atoms with E-state index in [1.54, 1.807) is 0 Å². The van der Waals surface area contributed by atoms with Crippen molar-refractivity contribution in [2.75, 3.05) is 0 Å². The highest BCUT2D eigenvalue weighted by Gasteiger charge is 2.53. The van der Waals surface area contributed by atoms with Gasteiger partial charge in [-0.3, -0.25) is 0 Å². The van der Waals surface area contributed by atoms with Gasteiger partial charge in [0.05, 0.1) is 5.56 Å². The van der Waals surface area contributed by atoms with Crippen molar-refractivity contribution in [3.05, 3.63) is 148 Å². The second-order valence-corrected chi connectivity index (χ2v) is 7.00. The van der Waals surface area contributed by atoms with E-state index in [9.17, 15) is 5.21 Å². The molecule has 134 valence electrons. The van der Waals surface area contributed by atoms with Gasteiger partial charge in [-0.1, -0.05) is 97.1 Å². The van der Waals surface area contributed by atoms with Gasteiger partial charge in [0.15, 0.2) is 0 Å². The average molecular weight is 361 g/mol. The van der Waals surface area contributed by atoms with Crippen LogP contribution in [0.25, 0.3) is 0 Å². The van der Waals surface area contributed by atoms with Crippen molar-refractivity contribution in [2.45, 2.75) is 5.54 Å². The Bertz CT molecular complexity index is 1110. The molecule has 1 heterocycles. The van der Waals surface area contributed by atoms with Crippen molar-refractivity contribution in [1.82, 2.24) is 0 Å². The monoisotopic (exact) mass is 361 g/mol. The van der Waals surface area contributed by atoms with E-state index in [-0.39, 0.29) is 0 Å². The highest BCUT2D eigenvalue weighted by Crippen LogP contribution is 2.46. The van der Waals surface area contributed by atoms with Crippen LogP contribution in [-0.2, 0) is 5.54 Å². The molecule has 0 aliphatic carbocycles. The standard InChI is InChI=1S/C26H19NO/c28-27-25(20-12-4-1-5-13-20)23-18-10-11-19-24(23)26(27,21-14-6-2-7-15-21)22-16-8-3-9-17-22/h1-19H. The molecule has 1 aliphatic heterocycles. The highest BCUT2D eigenvalue weighted by molar-refractivity contribution is 6.12. The number of nitrogens with zero attached hydrogens (tertiary/aromatic N) is 1. The van der Waals surface area contributed by atoms with Gasteiger partial charge in [-0.25, -0.2) is 0 Å². The summed E-state index contributed by atoms with van der Waals surface area (Å²) in [6, 6.07) is 38.2. The molecule has 5 rings (SSSR count). The van der Waals surface area contributed by atoms with Crippen LogP contribution in [0.15, 0.2) is 115 Å². The molecular weight excluding hydrogens is 342 g/mol. The molecule has 4 aromatic rings. The Morgan fingerprint density at radius 2 is 1.00 bits per heavy atom. The summed E-state index contributed by atoms with van der Waals surface area (Å²) in [5.74, 6) is 0. The molecule has 0 atom stereocenters. The van der Waals surface area contributed by atoms with E-state index in [4.69, 9.17) is 0 Å². The molecule has 0 aromatic heterocycles. The molecule has 28 heavy (non-hydrogen) atoms. The first-order chi connectivity index (χ1) is 13.8. The van der Waals surface area contributed by atoms with Crippen LogP contribution in [0.5, 0.6) is 0 Å². The Balaban J connectivity index is 1.93. The Hall–Kier alpha value is -3.65. The first-order valence-electron chi connectivity index (χ1n) is 9.44. The zero-order chi connectivity index (χ0) is 19.0. The zero-order valence-electron chi connectivity index (χ0n) is 15.3. The molecule has 0 radical (unpaired) electrons. The lowest BCUT2D eigenvalue weighted by Crippen LogP contribution is -2.37. The summed E-state index contributed by atoms with van der Waals surface area (Å²) in [6.07, 6.45) is 0. The maximum Gasteiger partial charge on any atom is 0.250 e. The van der Waals surface area contributed by atoms with E-state index >= 15 is 0 Å². The van der Waals surface area contributed by atoms with Gasteiger partial charge in [-0.2, -0.15) is 4.74 Å². The average Bonchev–Trinajstić information content (AvgIpc) is 3.04. The van der Waals surface area contributed by atoms with Gasteiger partial charge < -0.3 is 5.21 Å². The predicted molar refractivity (Wildman–Crippen MR) is 112 cm³/mol. The second-order valence-electron chi connectivity index (χ2n) is 7.00. The molecule has 0 bridgehead atoms. The molecule has 0 spiro atoms. The third-order valence-corrected chi connectivity index (χ3v) is 5.51. The fraction of sp³-hybridized carbons (Fsp3) is 0.0385. The Labute approximate surface area is 164 Å². The van der Waals surface area contributed by atoms with Crippen molar-refractivity contribution in [3.63, 3.8) is 0 Å². The number of hydrogen-bond donors (Lipinski definition) is 0. The Morgan fingerprint density at radius 3 is 1.57 bits per heavy atom. The van der Waals surface area contributed by atoms with Gasteiger partial charge in [0.25, 0.3) is 0 Å². The predicted octanol–water partition coefficient (Wildman–Crippen LogP) is 5.34. The maximum absolute atomic E-state index is 14.2. The van der Waals surface area contributed by atoms with Gasteiger partial charge >= 0.3 is 0 Å². The summed E-state index contributed by atoms with van der Waals surface area (Å²) in [7, 11) is 0. The van der Waals surface area contributed by atoms with Crippen LogP contribution < -0.4 is 0 Å². The summed E-state index contributed by atoms with van der Waals surface area (Å²) in [5, 5.41) is 14.2. The minimum Gasteiger partial charge on any atom is -0.622 e. The number of benzene rings is 4. The van der Waals surface area contributed by atoms with Crippen LogP contribution in [0.4, 0.5) is 0 Å². The fourth-order valence-corrected chi connectivity index (χ4v) is 4.33. The van der Waals surface area contributed by atoms with Crippen molar-refractivity contribution < 1.29 is 4.74 Å². The van der Waals surface area contributed by atoms with Crippen molar-refractivity contribution >= 4 is 5.71 Å². The number of fused-ring (bicyclic) bond motifs is 1. The van der Waals surface area contributed by atoms with E-state index in [2.05, 4.69) is 12.1 Å². The summed E-state index contributed by atoms with van der Waals surface area (Å²) in [4.78, 5) is 0. The third-order valence-electron chi connectivity index (χ3n) is 5.51. The van der Waals surface area contributed by atoms with Crippen molar-refractivity contribution in [1.29, 1.82) is 0 Å². The van der Waals surface area contributed by atoms with Gasteiger partial charge in [0.1, 0.15) is 0 Å². The molecule has 0 saturated carbocycles. The van der Waals surface area contributed by atoms with Crippen LogP contribution in [0.3, 0.4) is 0 Å². The third kappa shape index (κ3) is 2.25. The Kier molecular flexibility index (Phi) is 3.84. The van der Waals surface area contributed by atoms with Crippen LogP contribution in [-0.4, -0.2) is 10.5 Å². The van der Waals surface area contributed by atoms with Gasteiger partial charge in [0.2, 0.25) is 11.3 Å². The summed E-state index contributed by atoms with van der Waals surface area (Å²) >= 11 is 0. The van der Waals surface area contributed by atoms with Gasteiger partial charge in [-0.15, -0.1) is 0 Å². The maximum atomic E-state index is 14.2. The molecule has 0 unspecified atom stereocenters. The number of hydrogen-bond acceptors (Lipinski definition) is 1. The van der Waals surface area contributed by atoms with E-state index < -0.39 is 5.54 Å². The van der Waals surface area contributed by atoms with Crippen LogP contribution in [0, 0.1) is 5.21 Å². The lowest BCUT2D eigenvalue weighted by Gasteiger charge is -2.30. The number of hydroxylamine groups is 1. The van der Waals surface area contributed by atoms with Crippen LogP contribution in [0.1, 0.15) is 27.8 Å². The lowest BCUT2D eigenvalue weighted by molar-refractivity contribution is -0.526. The molecule has 0 saturated heterocycles. The first kappa shape index (κ1) is 16.5. The van der Waals surface area contributed by atoms with Crippen molar-refractivity contribution in [3.8, 4) is 0 Å². The summed E-state index contributed by atoms with van der Waals surface area (Å²) in [5.41, 5.74) is 4.66. The molecule has 1 aliphatic rings. The van der Waals surface area contributed by atoms with E-state index in [1.165, 1.54) is 4.74 Å². The van der Waals surface area contributed by atoms with Crippen molar-refractivity contribution in [2.24, 2.45) is 0 Å². The normalized spacial score (nSPS) is 14.7. The Morgan fingerprint density at radius 1 is 0.536 bits per heavy atom. The molecule has 2 nitrogen and oxygen atoms in total. The zero-order valence-corrected chi connectivity index (χ0v) is 15.3.